The van der Waals surface area contributed by atoms with Crippen LogP contribution in [0.1, 0.15) is 12.8 Å². The lowest BCUT2D eigenvalue weighted by Crippen LogP contribution is -2.24. The van der Waals surface area contributed by atoms with Crippen LogP contribution >= 0.6 is 15.9 Å². The highest BCUT2D eigenvalue weighted by molar-refractivity contribution is 9.10. The van der Waals surface area contributed by atoms with Crippen molar-refractivity contribution in [3.63, 3.8) is 0 Å². The van der Waals surface area contributed by atoms with Crippen LogP contribution in [0.4, 0.5) is 15.8 Å². The highest BCUT2D eigenvalue weighted by Gasteiger charge is 2.24. The molecular weight excluding hydrogens is 419 g/mol. The highest BCUT2D eigenvalue weighted by atomic mass is 79.9. The van der Waals surface area contributed by atoms with Gasteiger partial charge in [-0.25, -0.2) is 4.39 Å². The SMILES string of the molecule is COc1cc(NC(=O)COc2ccc(F)cc2Br)ccc1N1CCCC1=O. The molecule has 1 heterocycles. The molecule has 1 saturated heterocycles. The van der Waals surface area contributed by atoms with E-state index in [-0.39, 0.29) is 18.4 Å². The van der Waals surface area contributed by atoms with Gasteiger partial charge in [0.05, 0.1) is 17.3 Å². The zero-order valence-electron chi connectivity index (χ0n) is 14.6. The summed E-state index contributed by atoms with van der Waals surface area (Å²) >= 11 is 3.18. The van der Waals surface area contributed by atoms with Crippen LogP contribution in [0, 0.1) is 5.82 Å². The summed E-state index contributed by atoms with van der Waals surface area (Å²) in [4.78, 5) is 25.7. The summed E-state index contributed by atoms with van der Waals surface area (Å²) in [6.45, 7) is 0.417. The normalized spacial score (nSPS) is 13.6. The molecule has 0 aromatic heterocycles. The Morgan fingerprint density at radius 2 is 2.07 bits per heavy atom. The predicted octanol–water partition coefficient (Wildman–Crippen LogP) is 3.74. The Bertz CT molecular complexity index is 875. The lowest BCUT2D eigenvalue weighted by atomic mass is 10.2. The number of hydrogen-bond donors (Lipinski definition) is 1. The Labute approximate surface area is 164 Å². The Hall–Kier alpha value is -2.61. The largest absolute Gasteiger partial charge is 0.494 e. The van der Waals surface area contributed by atoms with E-state index in [1.807, 2.05) is 0 Å². The summed E-state index contributed by atoms with van der Waals surface area (Å²) < 4.78 is 24.3. The maximum Gasteiger partial charge on any atom is 0.262 e. The third kappa shape index (κ3) is 4.57. The van der Waals surface area contributed by atoms with E-state index in [1.165, 1.54) is 25.3 Å². The molecule has 0 atom stereocenters. The van der Waals surface area contributed by atoms with E-state index in [2.05, 4.69) is 21.2 Å². The number of amides is 2. The van der Waals surface area contributed by atoms with Crippen molar-refractivity contribution in [2.24, 2.45) is 0 Å². The predicted molar refractivity (Wildman–Crippen MR) is 103 cm³/mol. The van der Waals surface area contributed by atoms with Gasteiger partial charge in [-0.3, -0.25) is 9.59 Å². The second-order valence-electron chi connectivity index (χ2n) is 5.95. The number of hydrogen-bond acceptors (Lipinski definition) is 4. The van der Waals surface area contributed by atoms with Crippen LogP contribution < -0.4 is 19.7 Å². The fourth-order valence-corrected chi connectivity index (χ4v) is 3.28. The Morgan fingerprint density at radius 3 is 2.74 bits per heavy atom. The van der Waals surface area contributed by atoms with Crippen LogP contribution in [-0.2, 0) is 9.59 Å². The van der Waals surface area contributed by atoms with Crippen molar-refractivity contribution in [2.45, 2.75) is 12.8 Å². The first-order valence-corrected chi connectivity index (χ1v) is 9.13. The first-order chi connectivity index (χ1) is 13.0. The van der Waals surface area contributed by atoms with Gasteiger partial charge < -0.3 is 19.7 Å². The van der Waals surface area contributed by atoms with Crippen molar-refractivity contribution in [3.05, 3.63) is 46.7 Å². The third-order valence-electron chi connectivity index (χ3n) is 4.08. The van der Waals surface area contributed by atoms with Crippen LogP contribution in [0.5, 0.6) is 11.5 Å². The Balaban J connectivity index is 1.64. The molecule has 0 unspecified atom stereocenters. The second kappa shape index (κ2) is 8.39. The minimum Gasteiger partial charge on any atom is -0.494 e. The molecule has 8 heteroatoms. The molecule has 1 fully saturated rings. The molecule has 0 bridgehead atoms. The summed E-state index contributed by atoms with van der Waals surface area (Å²) in [5.74, 6) is 0.154. The van der Waals surface area contributed by atoms with Gasteiger partial charge in [0.2, 0.25) is 5.91 Å². The first kappa shape index (κ1) is 19.2. The molecule has 0 radical (unpaired) electrons. The van der Waals surface area contributed by atoms with E-state index >= 15 is 0 Å². The molecule has 1 aliphatic heterocycles. The van der Waals surface area contributed by atoms with Crippen molar-refractivity contribution in [3.8, 4) is 11.5 Å². The molecule has 2 amide bonds. The summed E-state index contributed by atoms with van der Waals surface area (Å²) in [5.41, 5.74) is 1.21. The van der Waals surface area contributed by atoms with Crippen molar-refractivity contribution in [1.29, 1.82) is 0 Å². The number of carbonyl (C=O) groups excluding carboxylic acids is 2. The fourth-order valence-electron chi connectivity index (χ4n) is 2.81. The van der Waals surface area contributed by atoms with Gasteiger partial charge in [-0.15, -0.1) is 0 Å². The van der Waals surface area contributed by atoms with Crippen LogP contribution in [0.25, 0.3) is 0 Å². The number of methoxy groups -OCH3 is 1. The van der Waals surface area contributed by atoms with Gasteiger partial charge in [-0.2, -0.15) is 0 Å². The van der Waals surface area contributed by atoms with Crippen LogP contribution in [-0.4, -0.2) is 32.1 Å². The molecule has 1 aliphatic rings. The lowest BCUT2D eigenvalue weighted by molar-refractivity contribution is -0.118. The zero-order chi connectivity index (χ0) is 19.4. The van der Waals surface area contributed by atoms with Gasteiger partial charge in [-0.05, 0) is 52.7 Å². The molecule has 142 valence electrons. The molecule has 0 spiro atoms. The maximum absolute atomic E-state index is 13.1. The number of ether oxygens (including phenoxy) is 2. The third-order valence-corrected chi connectivity index (χ3v) is 4.70. The minimum absolute atomic E-state index is 0.0587. The minimum atomic E-state index is -0.401. The van der Waals surface area contributed by atoms with Crippen molar-refractivity contribution in [2.75, 3.05) is 30.5 Å². The van der Waals surface area contributed by atoms with Gasteiger partial charge in [-0.1, -0.05) is 0 Å². The van der Waals surface area contributed by atoms with Gasteiger partial charge >= 0.3 is 0 Å². The van der Waals surface area contributed by atoms with E-state index in [0.29, 0.717) is 40.3 Å². The van der Waals surface area contributed by atoms with Crippen LogP contribution in [0.15, 0.2) is 40.9 Å². The highest BCUT2D eigenvalue weighted by Crippen LogP contribution is 2.34. The molecule has 6 nitrogen and oxygen atoms in total. The summed E-state index contributed by atoms with van der Waals surface area (Å²) in [7, 11) is 1.51. The first-order valence-electron chi connectivity index (χ1n) is 8.34. The average Bonchev–Trinajstić information content (AvgIpc) is 3.06. The zero-order valence-corrected chi connectivity index (χ0v) is 16.2. The van der Waals surface area contributed by atoms with Crippen LogP contribution in [0.3, 0.4) is 0 Å². The topological polar surface area (TPSA) is 67.9 Å². The molecule has 27 heavy (non-hydrogen) atoms. The van der Waals surface area contributed by atoms with Crippen molar-refractivity contribution in [1.82, 2.24) is 0 Å². The molecule has 1 N–H and O–H groups in total. The molecular formula is C19H18BrFN2O4. The quantitative estimate of drug-likeness (QED) is 0.748. The molecule has 3 rings (SSSR count). The number of carbonyl (C=O) groups is 2. The Kier molecular flexibility index (Phi) is 5.95. The smallest absolute Gasteiger partial charge is 0.262 e. The molecule has 2 aromatic carbocycles. The summed E-state index contributed by atoms with van der Waals surface area (Å²) in [5, 5.41) is 2.71. The van der Waals surface area contributed by atoms with Gasteiger partial charge in [0.25, 0.3) is 5.91 Å². The van der Waals surface area contributed by atoms with Crippen LogP contribution in [0.2, 0.25) is 0 Å². The standard InChI is InChI=1S/C19H18BrFN2O4/c1-26-17-10-13(5-6-15(17)23-8-2-3-19(23)25)22-18(24)11-27-16-7-4-12(21)9-14(16)20/h4-7,9-10H,2-3,8,11H2,1H3,(H,22,24). The number of anilines is 2. The molecule has 0 saturated carbocycles. The monoisotopic (exact) mass is 436 g/mol. The van der Waals surface area contributed by atoms with Gasteiger partial charge in [0, 0.05) is 24.7 Å². The lowest BCUT2D eigenvalue weighted by Gasteiger charge is -2.19. The summed E-state index contributed by atoms with van der Waals surface area (Å²) in [6, 6.07) is 9.06. The number of nitrogens with one attached hydrogen (secondary N) is 1. The van der Waals surface area contributed by atoms with E-state index in [0.717, 1.165) is 6.42 Å². The number of nitrogens with zero attached hydrogens (tertiary/aromatic N) is 1. The van der Waals surface area contributed by atoms with Gasteiger partial charge in [0.15, 0.2) is 6.61 Å². The van der Waals surface area contributed by atoms with E-state index < -0.39 is 5.82 Å². The van der Waals surface area contributed by atoms with E-state index in [4.69, 9.17) is 9.47 Å². The van der Waals surface area contributed by atoms with E-state index in [9.17, 15) is 14.0 Å². The second-order valence-corrected chi connectivity index (χ2v) is 6.80. The summed E-state index contributed by atoms with van der Waals surface area (Å²) in [6.07, 6.45) is 1.34. The average molecular weight is 437 g/mol. The number of halogens is 2. The van der Waals surface area contributed by atoms with Gasteiger partial charge in [0.1, 0.15) is 17.3 Å². The molecule has 2 aromatic rings. The number of rotatable bonds is 6. The number of benzene rings is 2. The Morgan fingerprint density at radius 1 is 1.26 bits per heavy atom. The van der Waals surface area contributed by atoms with Crippen molar-refractivity contribution >= 4 is 39.1 Å². The maximum atomic E-state index is 13.1. The fraction of sp³-hybridized carbons (Fsp3) is 0.263. The molecule has 0 aliphatic carbocycles. The van der Waals surface area contributed by atoms with Crippen molar-refractivity contribution < 1.29 is 23.5 Å². The van der Waals surface area contributed by atoms with E-state index in [1.54, 1.807) is 23.1 Å².